The van der Waals surface area contributed by atoms with Crippen molar-refractivity contribution >= 4 is 5.91 Å². The van der Waals surface area contributed by atoms with Crippen LogP contribution in [0.2, 0.25) is 0 Å². The number of amides is 1. The van der Waals surface area contributed by atoms with Crippen LogP contribution in [0.4, 0.5) is 0 Å². The highest BCUT2D eigenvalue weighted by Gasteiger charge is 2.34. The van der Waals surface area contributed by atoms with Crippen LogP contribution in [-0.2, 0) is 11.3 Å². The van der Waals surface area contributed by atoms with Crippen LogP contribution in [0.15, 0.2) is 24.3 Å². The Morgan fingerprint density at radius 1 is 1.23 bits per heavy atom. The predicted molar refractivity (Wildman–Crippen MR) is 101 cm³/mol. The molecule has 6 heteroatoms. The third-order valence-electron chi connectivity index (χ3n) is 5.85. The van der Waals surface area contributed by atoms with Gasteiger partial charge < -0.3 is 19.9 Å². The number of piperazine rings is 1. The van der Waals surface area contributed by atoms with Gasteiger partial charge >= 0.3 is 0 Å². The van der Waals surface area contributed by atoms with Gasteiger partial charge in [0.05, 0.1) is 18.8 Å². The SMILES string of the molecule is CN1CCN(Cc2cccc(C(=O)N3CCC4OCCNC4C3)c2)CC1. The monoisotopic (exact) mass is 358 g/mol. The number of likely N-dealkylation sites (N-methyl/N-ethyl adjacent to an activating group) is 1. The fraction of sp³-hybridized carbons (Fsp3) is 0.650. The second kappa shape index (κ2) is 8.05. The van der Waals surface area contributed by atoms with E-state index >= 15 is 0 Å². The number of hydrogen-bond donors (Lipinski definition) is 1. The van der Waals surface area contributed by atoms with E-state index in [1.54, 1.807) is 0 Å². The van der Waals surface area contributed by atoms with Crippen molar-refractivity contribution in [3.05, 3.63) is 35.4 Å². The van der Waals surface area contributed by atoms with Gasteiger partial charge in [0.25, 0.3) is 5.91 Å². The smallest absolute Gasteiger partial charge is 0.253 e. The number of fused-ring (bicyclic) bond motifs is 1. The summed E-state index contributed by atoms with van der Waals surface area (Å²) in [5.41, 5.74) is 2.04. The van der Waals surface area contributed by atoms with Crippen LogP contribution in [0.5, 0.6) is 0 Å². The number of nitrogens with zero attached hydrogens (tertiary/aromatic N) is 3. The molecule has 1 N–H and O–H groups in total. The van der Waals surface area contributed by atoms with Crippen molar-refractivity contribution < 1.29 is 9.53 Å². The zero-order valence-corrected chi connectivity index (χ0v) is 15.7. The number of rotatable bonds is 3. The van der Waals surface area contributed by atoms with Crippen LogP contribution in [0.25, 0.3) is 0 Å². The number of carbonyl (C=O) groups is 1. The minimum absolute atomic E-state index is 0.149. The molecule has 2 unspecified atom stereocenters. The molecule has 0 spiro atoms. The summed E-state index contributed by atoms with van der Waals surface area (Å²) in [4.78, 5) is 19.8. The van der Waals surface area contributed by atoms with Gasteiger partial charge in [0, 0.05) is 57.9 Å². The molecular weight excluding hydrogens is 328 g/mol. The molecule has 0 aliphatic carbocycles. The molecule has 3 saturated heterocycles. The van der Waals surface area contributed by atoms with Crippen molar-refractivity contribution in [2.45, 2.75) is 25.1 Å². The largest absolute Gasteiger partial charge is 0.375 e. The highest BCUT2D eigenvalue weighted by molar-refractivity contribution is 5.94. The topological polar surface area (TPSA) is 48.0 Å². The van der Waals surface area contributed by atoms with Crippen LogP contribution in [0.3, 0.4) is 0 Å². The van der Waals surface area contributed by atoms with Gasteiger partial charge in [0.1, 0.15) is 0 Å². The molecule has 3 fully saturated rings. The summed E-state index contributed by atoms with van der Waals surface area (Å²) in [5, 5.41) is 3.50. The van der Waals surface area contributed by atoms with Crippen LogP contribution in [0, 0.1) is 0 Å². The summed E-state index contributed by atoms with van der Waals surface area (Å²) in [5.74, 6) is 0.149. The first-order valence-corrected chi connectivity index (χ1v) is 9.83. The van der Waals surface area contributed by atoms with E-state index in [2.05, 4.69) is 34.3 Å². The maximum atomic E-state index is 13.0. The van der Waals surface area contributed by atoms with E-state index in [0.717, 1.165) is 70.9 Å². The molecule has 2 atom stereocenters. The minimum Gasteiger partial charge on any atom is -0.375 e. The van der Waals surface area contributed by atoms with Gasteiger partial charge in [-0.15, -0.1) is 0 Å². The first-order chi connectivity index (χ1) is 12.7. The maximum Gasteiger partial charge on any atom is 0.253 e. The number of benzene rings is 1. The van der Waals surface area contributed by atoms with E-state index in [1.165, 1.54) is 5.56 Å². The number of carbonyl (C=O) groups excluding carboxylic acids is 1. The van der Waals surface area contributed by atoms with E-state index in [0.29, 0.717) is 0 Å². The number of likely N-dealkylation sites (tertiary alicyclic amines) is 1. The van der Waals surface area contributed by atoms with Crippen molar-refractivity contribution in [1.82, 2.24) is 20.0 Å². The van der Waals surface area contributed by atoms with Gasteiger partial charge in [-0.2, -0.15) is 0 Å². The van der Waals surface area contributed by atoms with Crippen LogP contribution in [0.1, 0.15) is 22.3 Å². The van der Waals surface area contributed by atoms with Gasteiger partial charge in [0.2, 0.25) is 0 Å². The molecule has 0 aromatic heterocycles. The molecule has 1 aromatic carbocycles. The van der Waals surface area contributed by atoms with Gasteiger partial charge in [0.15, 0.2) is 0 Å². The maximum absolute atomic E-state index is 13.0. The van der Waals surface area contributed by atoms with Crippen molar-refractivity contribution in [3.8, 4) is 0 Å². The fourth-order valence-electron chi connectivity index (χ4n) is 4.21. The molecule has 26 heavy (non-hydrogen) atoms. The highest BCUT2D eigenvalue weighted by Crippen LogP contribution is 2.20. The Balaban J connectivity index is 1.38. The zero-order chi connectivity index (χ0) is 17.9. The Morgan fingerprint density at radius 3 is 2.92 bits per heavy atom. The normalized spacial score (nSPS) is 28.0. The third kappa shape index (κ3) is 4.09. The average Bonchev–Trinajstić information content (AvgIpc) is 2.69. The van der Waals surface area contributed by atoms with Crippen molar-refractivity contribution in [2.24, 2.45) is 0 Å². The molecule has 0 bridgehead atoms. The second-order valence-electron chi connectivity index (χ2n) is 7.79. The number of nitrogens with one attached hydrogen (secondary N) is 1. The van der Waals surface area contributed by atoms with Crippen molar-refractivity contribution in [3.63, 3.8) is 0 Å². The molecule has 0 radical (unpaired) electrons. The Hall–Kier alpha value is -1.47. The lowest BCUT2D eigenvalue weighted by Crippen LogP contribution is -2.59. The molecule has 3 aliphatic rings. The standard InChI is InChI=1S/C20H30N4O2/c1-22-8-10-23(11-9-22)14-16-3-2-4-17(13-16)20(25)24-7-5-19-18(15-24)21-6-12-26-19/h2-4,13,18-19,21H,5-12,14-15H2,1H3. The predicted octanol–water partition coefficient (Wildman–Crippen LogP) is 0.637. The molecule has 1 amide bonds. The lowest BCUT2D eigenvalue weighted by Gasteiger charge is -2.41. The molecule has 0 saturated carbocycles. The van der Waals surface area contributed by atoms with Crippen LogP contribution >= 0.6 is 0 Å². The number of morpholine rings is 1. The molecule has 3 aliphatic heterocycles. The Labute approximate surface area is 156 Å². The molecule has 1 aromatic rings. The molecule has 4 rings (SSSR count). The van der Waals surface area contributed by atoms with Gasteiger partial charge in [-0.3, -0.25) is 9.69 Å². The van der Waals surface area contributed by atoms with Crippen LogP contribution in [-0.4, -0.2) is 92.2 Å². The van der Waals surface area contributed by atoms with E-state index in [1.807, 2.05) is 17.0 Å². The van der Waals surface area contributed by atoms with Gasteiger partial charge in [-0.05, 0) is 31.2 Å². The second-order valence-corrected chi connectivity index (χ2v) is 7.79. The van der Waals surface area contributed by atoms with Gasteiger partial charge in [-0.1, -0.05) is 12.1 Å². The van der Waals surface area contributed by atoms with Crippen molar-refractivity contribution in [1.29, 1.82) is 0 Å². The first kappa shape index (κ1) is 17.9. The Kier molecular flexibility index (Phi) is 5.55. The van der Waals surface area contributed by atoms with E-state index in [9.17, 15) is 4.79 Å². The fourth-order valence-corrected chi connectivity index (χ4v) is 4.21. The zero-order valence-electron chi connectivity index (χ0n) is 15.7. The third-order valence-corrected chi connectivity index (χ3v) is 5.85. The quantitative estimate of drug-likeness (QED) is 0.859. The van der Waals surface area contributed by atoms with Crippen molar-refractivity contribution in [2.75, 3.05) is 59.5 Å². The van der Waals surface area contributed by atoms with Gasteiger partial charge in [-0.25, -0.2) is 0 Å². The van der Waals surface area contributed by atoms with E-state index < -0.39 is 0 Å². The molecule has 6 nitrogen and oxygen atoms in total. The number of ether oxygens (including phenoxy) is 1. The van der Waals surface area contributed by atoms with E-state index in [4.69, 9.17) is 4.74 Å². The Bertz CT molecular complexity index is 630. The van der Waals surface area contributed by atoms with E-state index in [-0.39, 0.29) is 18.1 Å². The summed E-state index contributed by atoms with van der Waals surface area (Å²) in [6.45, 7) is 8.53. The lowest BCUT2D eigenvalue weighted by atomic mass is 9.99. The first-order valence-electron chi connectivity index (χ1n) is 9.83. The average molecular weight is 358 g/mol. The molecule has 142 valence electrons. The summed E-state index contributed by atoms with van der Waals surface area (Å²) >= 11 is 0. The Morgan fingerprint density at radius 2 is 2.08 bits per heavy atom. The summed E-state index contributed by atoms with van der Waals surface area (Å²) in [6, 6.07) is 8.46. The summed E-state index contributed by atoms with van der Waals surface area (Å²) in [7, 11) is 2.17. The molecular formula is C20H30N4O2. The highest BCUT2D eigenvalue weighted by atomic mass is 16.5. The minimum atomic E-state index is 0.149. The van der Waals surface area contributed by atoms with Crippen LogP contribution < -0.4 is 5.32 Å². The summed E-state index contributed by atoms with van der Waals surface area (Å²) < 4.78 is 5.82. The molecule has 3 heterocycles. The lowest BCUT2D eigenvalue weighted by molar-refractivity contribution is -0.0383. The number of hydrogen-bond acceptors (Lipinski definition) is 5. The number of piperidine rings is 1. The summed E-state index contributed by atoms with van der Waals surface area (Å²) in [6.07, 6.45) is 1.18.